The smallest absolute Gasteiger partial charge is 0.316 e. The van der Waals surface area contributed by atoms with Crippen LogP contribution in [0.4, 0.5) is 0 Å². The third kappa shape index (κ3) is 3.13. The number of likely N-dealkylation sites (N-methyl/N-ethyl adjacent to an activating group) is 1. The first-order valence-corrected chi connectivity index (χ1v) is 9.39. The summed E-state index contributed by atoms with van der Waals surface area (Å²) in [5.41, 5.74) is 1.41. The van der Waals surface area contributed by atoms with Gasteiger partial charge in [0.2, 0.25) is 5.43 Å². The van der Waals surface area contributed by atoms with Crippen molar-refractivity contribution in [2.75, 3.05) is 26.5 Å². The molecular formula is C16H19N3O3S2. The topological polar surface area (TPSA) is 64.4 Å². The number of imidazole rings is 1. The Labute approximate surface area is 148 Å². The van der Waals surface area contributed by atoms with Crippen LogP contribution >= 0.6 is 23.1 Å². The fraction of sp³-hybridized carbons (Fsp3) is 0.438. The van der Waals surface area contributed by atoms with Gasteiger partial charge in [-0.05, 0) is 13.5 Å². The number of methoxy groups -OCH3 is 1. The molecule has 8 heteroatoms. The maximum atomic E-state index is 12.8. The van der Waals surface area contributed by atoms with Gasteiger partial charge in [-0.2, -0.15) is 0 Å². The minimum Gasteiger partial charge on any atom is -0.468 e. The standard InChI is InChI=1S/C16H19N3O3S2/c1-4-6-19-15-13(17-16(19)23-9-12(20)22-3)14(21)10-5-7-18(2)8-11(10)24-15/h4H,1,5-9H2,2-3H3. The Hall–Kier alpha value is -1.64. The highest BCUT2D eigenvalue weighted by molar-refractivity contribution is 7.99. The van der Waals surface area contributed by atoms with E-state index in [0.717, 1.165) is 34.8 Å². The Bertz CT molecular complexity index is 856. The second kappa shape index (κ2) is 7.08. The fourth-order valence-electron chi connectivity index (χ4n) is 2.71. The number of ether oxygens (including phenoxy) is 1. The van der Waals surface area contributed by atoms with Crippen molar-refractivity contribution >= 4 is 39.4 Å². The molecule has 2 aromatic heterocycles. The SMILES string of the molecule is C=CCn1c(SCC(=O)OC)nc2c(=O)c3c(sc21)CN(C)CC3. The molecule has 0 unspecified atom stereocenters. The van der Waals surface area contributed by atoms with Gasteiger partial charge in [-0.25, -0.2) is 4.98 Å². The summed E-state index contributed by atoms with van der Waals surface area (Å²) in [6.45, 7) is 6.01. The Balaban J connectivity index is 2.11. The zero-order valence-corrected chi connectivity index (χ0v) is 15.3. The van der Waals surface area contributed by atoms with Gasteiger partial charge >= 0.3 is 5.97 Å². The maximum absolute atomic E-state index is 12.8. The van der Waals surface area contributed by atoms with Gasteiger partial charge in [-0.3, -0.25) is 9.59 Å². The second-order valence-corrected chi connectivity index (χ2v) is 7.66. The molecule has 6 nitrogen and oxygen atoms in total. The summed E-state index contributed by atoms with van der Waals surface area (Å²) >= 11 is 2.90. The molecule has 24 heavy (non-hydrogen) atoms. The van der Waals surface area contributed by atoms with Gasteiger partial charge in [0.1, 0.15) is 10.3 Å². The molecule has 0 saturated carbocycles. The molecule has 0 fully saturated rings. The molecule has 3 rings (SSSR count). The number of carbonyl (C=O) groups is 1. The zero-order chi connectivity index (χ0) is 17.3. The molecule has 0 aromatic carbocycles. The van der Waals surface area contributed by atoms with Gasteiger partial charge in [0.25, 0.3) is 0 Å². The number of carbonyl (C=O) groups excluding carboxylic acids is 1. The van der Waals surface area contributed by atoms with E-state index in [2.05, 4.69) is 28.2 Å². The Morgan fingerprint density at radius 1 is 1.54 bits per heavy atom. The zero-order valence-electron chi connectivity index (χ0n) is 13.7. The predicted octanol–water partition coefficient (Wildman–Crippen LogP) is 1.90. The molecule has 0 saturated heterocycles. The lowest BCUT2D eigenvalue weighted by molar-refractivity contribution is -0.137. The molecule has 0 spiro atoms. The number of aromatic nitrogens is 2. The molecule has 128 valence electrons. The van der Waals surface area contributed by atoms with E-state index >= 15 is 0 Å². The third-order valence-electron chi connectivity index (χ3n) is 3.95. The van der Waals surface area contributed by atoms with Crippen molar-refractivity contribution < 1.29 is 9.53 Å². The van der Waals surface area contributed by atoms with Gasteiger partial charge < -0.3 is 14.2 Å². The number of hydrogen-bond acceptors (Lipinski definition) is 7. The first-order chi connectivity index (χ1) is 11.5. The molecular weight excluding hydrogens is 346 g/mol. The summed E-state index contributed by atoms with van der Waals surface area (Å²) in [5, 5.41) is 0.652. The van der Waals surface area contributed by atoms with Crippen molar-refractivity contribution in [1.29, 1.82) is 0 Å². The summed E-state index contributed by atoms with van der Waals surface area (Å²) in [4.78, 5) is 32.9. The van der Waals surface area contributed by atoms with E-state index in [1.54, 1.807) is 17.4 Å². The van der Waals surface area contributed by atoms with E-state index in [0.29, 0.717) is 17.2 Å². The van der Waals surface area contributed by atoms with Crippen molar-refractivity contribution in [3.8, 4) is 0 Å². The summed E-state index contributed by atoms with van der Waals surface area (Å²) in [6, 6.07) is 0. The third-order valence-corrected chi connectivity index (χ3v) is 6.13. The number of allylic oxidation sites excluding steroid dienone is 1. The normalized spacial score (nSPS) is 14.6. The van der Waals surface area contributed by atoms with Crippen molar-refractivity contribution in [3.63, 3.8) is 0 Å². The van der Waals surface area contributed by atoms with Crippen LogP contribution in [0.15, 0.2) is 22.6 Å². The van der Waals surface area contributed by atoms with Gasteiger partial charge in [-0.1, -0.05) is 17.8 Å². The van der Waals surface area contributed by atoms with Gasteiger partial charge in [0.15, 0.2) is 5.16 Å². The van der Waals surface area contributed by atoms with Crippen molar-refractivity contribution in [2.45, 2.75) is 24.7 Å². The fourth-order valence-corrected chi connectivity index (χ4v) is 4.95. The molecule has 0 aliphatic carbocycles. The Morgan fingerprint density at radius 2 is 2.33 bits per heavy atom. The van der Waals surface area contributed by atoms with Gasteiger partial charge in [0, 0.05) is 30.1 Å². The number of thioether (sulfide) groups is 1. The van der Waals surface area contributed by atoms with Crippen LogP contribution in [0.1, 0.15) is 10.4 Å². The summed E-state index contributed by atoms with van der Waals surface area (Å²) < 4.78 is 6.64. The average molecular weight is 365 g/mol. The Morgan fingerprint density at radius 3 is 3.04 bits per heavy atom. The number of esters is 1. The number of hydrogen-bond donors (Lipinski definition) is 0. The van der Waals surface area contributed by atoms with Crippen molar-refractivity contribution in [2.24, 2.45) is 0 Å². The highest BCUT2D eigenvalue weighted by atomic mass is 32.2. The highest BCUT2D eigenvalue weighted by Gasteiger charge is 2.23. The summed E-state index contributed by atoms with van der Waals surface area (Å²) in [6.07, 6.45) is 2.53. The summed E-state index contributed by atoms with van der Waals surface area (Å²) in [5.74, 6) is -0.151. The van der Waals surface area contributed by atoms with Crippen LogP contribution in [-0.2, 0) is 29.0 Å². The molecule has 3 heterocycles. The molecule has 0 bridgehead atoms. The maximum Gasteiger partial charge on any atom is 0.316 e. The van der Waals surface area contributed by atoms with Gasteiger partial charge in [-0.15, -0.1) is 17.9 Å². The quantitative estimate of drug-likeness (QED) is 0.458. The number of rotatable bonds is 5. The van der Waals surface area contributed by atoms with E-state index < -0.39 is 0 Å². The molecule has 0 radical (unpaired) electrons. The van der Waals surface area contributed by atoms with Crippen LogP contribution in [0.25, 0.3) is 10.3 Å². The van der Waals surface area contributed by atoms with E-state index in [1.165, 1.54) is 18.9 Å². The predicted molar refractivity (Wildman–Crippen MR) is 96.9 cm³/mol. The first kappa shape index (κ1) is 17.2. The largest absolute Gasteiger partial charge is 0.468 e. The molecule has 1 aliphatic rings. The lowest BCUT2D eigenvalue weighted by Gasteiger charge is -2.23. The molecule has 0 atom stereocenters. The molecule has 0 N–H and O–H groups in total. The molecule has 1 aliphatic heterocycles. The van der Waals surface area contributed by atoms with Crippen LogP contribution in [-0.4, -0.2) is 46.9 Å². The monoisotopic (exact) mass is 365 g/mol. The average Bonchev–Trinajstić information content (AvgIpc) is 2.91. The van der Waals surface area contributed by atoms with E-state index in [-0.39, 0.29) is 17.2 Å². The number of fused-ring (bicyclic) bond motifs is 2. The van der Waals surface area contributed by atoms with Crippen molar-refractivity contribution in [1.82, 2.24) is 14.5 Å². The van der Waals surface area contributed by atoms with Crippen LogP contribution in [0.2, 0.25) is 0 Å². The van der Waals surface area contributed by atoms with E-state index in [9.17, 15) is 9.59 Å². The van der Waals surface area contributed by atoms with Crippen LogP contribution in [0, 0.1) is 0 Å². The lowest BCUT2D eigenvalue weighted by atomic mass is 10.1. The number of nitrogens with zero attached hydrogens (tertiary/aromatic N) is 3. The molecule has 2 aromatic rings. The van der Waals surface area contributed by atoms with Crippen LogP contribution < -0.4 is 5.43 Å². The summed E-state index contributed by atoms with van der Waals surface area (Å²) in [7, 11) is 3.42. The highest BCUT2D eigenvalue weighted by Crippen LogP contribution is 2.30. The van der Waals surface area contributed by atoms with E-state index in [4.69, 9.17) is 0 Å². The minimum absolute atomic E-state index is 0.0228. The lowest BCUT2D eigenvalue weighted by Crippen LogP contribution is -2.30. The molecule has 0 amide bonds. The van der Waals surface area contributed by atoms with Gasteiger partial charge in [0.05, 0.1) is 12.9 Å². The first-order valence-electron chi connectivity index (χ1n) is 7.59. The van der Waals surface area contributed by atoms with Crippen LogP contribution in [0.3, 0.4) is 0 Å². The Kier molecular flexibility index (Phi) is 5.07. The van der Waals surface area contributed by atoms with E-state index in [1.807, 2.05) is 4.57 Å². The van der Waals surface area contributed by atoms with Crippen LogP contribution in [0.5, 0.6) is 0 Å². The van der Waals surface area contributed by atoms with Crippen molar-refractivity contribution in [3.05, 3.63) is 33.3 Å². The minimum atomic E-state index is -0.316. The second-order valence-electron chi connectivity index (χ2n) is 5.63.